The van der Waals surface area contributed by atoms with Crippen LogP contribution in [0.1, 0.15) is 36.8 Å². The van der Waals surface area contributed by atoms with Crippen LogP contribution in [0.15, 0.2) is 48.5 Å². The fourth-order valence-corrected chi connectivity index (χ4v) is 3.78. The van der Waals surface area contributed by atoms with Gasteiger partial charge in [0.2, 0.25) is 5.91 Å². The summed E-state index contributed by atoms with van der Waals surface area (Å²) in [6.45, 7) is 2.58. The molecule has 0 bridgehead atoms. The van der Waals surface area contributed by atoms with Crippen molar-refractivity contribution >= 4 is 29.2 Å². The molecule has 2 aromatic carbocycles. The van der Waals surface area contributed by atoms with Gasteiger partial charge in [0, 0.05) is 23.9 Å². The molecule has 0 radical (unpaired) electrons. The first kappa shape index (κ1) is 19.4. The number of carbonyl (C=O) groups is 2. The van der Waals surface area contributed by atoms with Crippen molar-refractivity contribution in [1.29, 1.82) is 0 Å². The van der Waals surface area contributed by atoms with Crippen LogP contribution >= 0.6 is 11.6 Å². The van der Waals surface area contributed by atoms with E-state index in [-0.39, 0.29) is 5.91 Å². The minimum absolute atomic E-state index is 0.154. The first-order valence-electron chi connectivity index (χ1n) is 8.91. The Morgan fingerprint density at radius 1 is 1.15 bits per heavy atom. The summed E-state index contributed by atoms with van der Waals surface area (Å²) in [6.07, 6.45) is 1.07. The summed E-state index contributed by atoms with van der Waals surface area (Å²) >= 11 is 6.41. The number of halogens is 1. The van der Waals surface area contributed by atoms with Crippen LogP contribution in [0.2, 0.25) is 5.02 Å². The van der Waals surface area contributed by atoms with Crippen molar-refractivity contribution in [1.82, 2.24) is 0 Å². The molecule has 1 heterocycles. The summed E-state index contributed by atoms with van der Waals surface area (Å²) in [5.74, 6) is -1.71. The Hall–Kier alpha value is -2.37. The molecular weight excluding hydrogens is 366 g/mol. The lowest BCUT2D eigenvalue weighted by Gasteiger charge is -2.36. The van der Waals surface area contributed by atoms with Crippen LogP contribution in [0.4, 0.5) is 5.69 Å². The molecule has 6 heteroatoms. The van der Waals surface area contributed by atoms with E-state index < -0.39 is 17.3 Å². The fraction of sp³-hybridized carbons (Fsp3) is 0.333. The normalized spacial score (nSPS) is 17.1. The fourth-order valence-electron chi connectivity index (χ4n) is 3.47. The number of aliphatic carboxylic acids is 1. The Balaban J connectivity index is 1.91. The van der Waals surface area contributed by atoms with Crippen LogP contribution in [0, 0.1) is 0 Å². The predicted molar refractivity (Wildman–Crippen MR) is 104 cm³/mol. The van der Waals surface area contributed by atoms with E-state index in [2.05, 4.69) is 5.32 Å². The number of carboxylic acids is 1. The van der Waals surface area contributed by atoms with Crippen LogP contribution in [-0.4, -0.2) is 30.2 Å². The van der Waals surface area contributed by atoms with Crippen molar-refractivity contribution in [2.45, 2.75) is 31.1 Å². The molecule has 0 aromatic heterocycles. The maximum absolute atomic E-state index is 13.3. The van der Waals surface area contributed by atoms with Gasteiger partial charge >= 0.3 is 5.97 Å². The van der Waals surface area contributed by atoms with E-state index in [1.807, 2.05) is 18.2 Å². The van der Waals surface area contributed by atoms with Crippen molar-refractivity contribution in [3.8, 4) is 0 Å². The van der Waals surface area contributed by atoms with E-state index in [4.69, 9.17) is 16.3 Å². The quantitative estimate of drug-likeness (QED) is 0.805. The Bertz CT molecular complexity index is 846. The van der Waals surface area contributed by atoms with E-state index in [9.17, 15) is 14.7 Å². The topological polar surface area (TPSA) is 75.6 Å². The van der Waals surface area contributed by atoms with Gasteiger partial charge in [0.1, 0.15) is 0 Å². The average molecular weight is 388 g/mol. The minimum Gasteiger partial charge on any atom is -0.481 e. The van der Waals surface area contributed by atoms with E-state index in [1.165, 1.54) is 0 Å². The van der Waals surface area contributed by atoms with Gasteiger partial charge in [0.05, 0.1) is 11.3 Å². The SMILES string of the molecule is CC(C(=O)O)c1cccc(NC(=O)C2(c3ccccc3Cl)CCOCC2)c1. The van der Waals surface area contributed by atoms with Crippen LogP contribution in [0.25, 0.3) is 0 Å². The zero-order valence-electron chi connectivity index (χ0n) is 15.1. The Labute approximate surface area is 163 Å². The number of anilines is 1. The second kappa shape index (κ2) is 8.11. The summed E-state index contributed by atoms with van der Waals surface area (Å²) in [5.41, 5.74) is 1.23. The smallest absolute Gasteiger partial charge is 0.310 e. The third kappa shape index (κ3) is 3.99. The van der Waals surface area contributed by atoms with Gasteiger partial charge in [0.15, 0.2) is 0 Å². The molecule has 2 N–H and O–H groups in total. The monoisotopic (exact) mass is 387 g/mol. The van der Waals surface area contributed by atoms with Crippen LogP contribution in [-0.2, 0) is 19.7 Å². The molecule has 5 nitrogen and oxygen atoms in total. The summed E-state index contributed by atoms with van der Waals surface area (Å²) < 4.78 is 5.48. The molecule has 1 aliphatic rings. The van der Waals surface area contributed by atoms with Gasteiger partial charge in [-0.05, 0) is 49.1 Å². The lowest BCUT2D eigenvalue weighted by atomic mass is 9.73. The predicted octanol–water partition coefficient (Wildman–Crippen LogP) is 4.22. The van der Waals surface area contributed by atoms with Crippen LogP contribution < -0.4 is 5.32 Å². The summed E-state index contributed by atoms with van der Waals surface area (Å²) in [4.78, 5) is 24.6. The second-order valence-electron chi connectivity index (χ2n) is 6.81. The highest BCUT2D eigenvalue weighted by Gasteiger charge is 2.43. The lowest BCUT2D eigenvalue weighted by molar-refractivity contribution is -0.138. The summed E-state index contributed by atoms with van der Waals surface area (Å²) in [5, 5.41) is 12.7. The Kier molecular flexibility index (Phi) is 5.82. The van der Waals surface area contributed by atoms with Gasteiger partial charge in [-0.15, -0.1) is 0 Å². The number of hydrogen-bond donors (Lipinski definition) is 2. The Morgan fingerprint density at radius 2 is 1.85 bits per heavy atom. The Morgan fingerprint density at radius 3 is 2.52 bits per heavy atom. The van der Waals surface area contributed by atoms with Crippen molar-refractivity contribution < 1.29 is 19.4 Å². The molecule has 0 saturated carbocycles. The van der Waals surface area contributed by atoms with E-state index in [1.54, 1.807) is 37.3 Å². The highest BCUT2D eigenvalue weighted by molar-refractivity contribution is 6.31. The lowest BCUT2D eigenvalue weighted by Crippen LogP contribution is -2.45. The molecule has 1 atom stereocenters. The van der Waals surface area contributed by atoms with Gasteiger partial charge in [0.25, 0.3) is 0 Å². The zero-order valence-corrected chi connectivity index (χ0v) is 15.8. The largest absolute Gasteiger partial charge is 0.481 e. The first-order valence-corrected chi connectivity index (χ1v) is 9.29. The molecule has 27 heavy (non-hydrogen) atoms. The number of benzene rings is 2. The highest BCUT2D eigenvalue weighted by atomic mass is 35.5. The molecule has 3 rings (SSSR count). The van der Waals surface area contributed by atoms with Crippen LogP contribution in [0.3, 0.4) is 0 Å². The standard InChI is InChI=1S/C21H22ClNO4/c1-14(19(24)25)15-5-4-6-16(13-15)23-20(26)21(9-11-27-12-10-21)17-7-2-3-8-18(17)22/h2-8,13-14H,9-12H2,1H3,(H,23,26)(H,24,25). The molecule has 2 aromatic rings. The van der Waals surface area contributed by atoms with E-state index in [0.29, 0.717) is 42.3 Å². The van der Waals surface area contributed by atoms with Crippen molar-refractivity contribution in [2.75, 3.05) is 18.5 Å². The second-order valence-corrected chi connectivity index (χ2v) is 7.22. The third-order valence-electron chi connectivity index (χ3n) is 5.19. The average Bonchev–Trinajstić information content (AvgIpc) is 2.68. The molecular formula is C21H22ClNO4. The van der Waals surface area contributed by atoms with E-state index in [0.717, 1.165) is 5.56 Å². The highest BCUT2D eigenvalue weighted by Crippen LogP contribution is 2.39. The van der Waals surface area contributed by atoms with Crippen molar-refractivity contribution in [2.24, 2.45) is 0 Å². The van der Waals surface area contributed by atoms with Gasteiger partial charge in [-0.1, -0.05) is 41.9 Å². The number of hydrogen-bond acceptors (Lipinski definition) is 3. The minimum atomic E-state index is -0.907. The van der Waals surface area contributed by atoms with Gasteiger partial charge in [-0.25, -0.2) is 0 Å². The van der Waals surface area contributed by atoms with Gasteiger partial charge in [-0.2, -0.15) is 0 Å². The molecule has 142 valence electrons. The zero-order chi connectivity index (χ0) is 19.4. The molecule has 1 unspecified atom stereocenters. The van der Waals surface area contributed by atoms with Gasteiger partial charge < -0.3 is 15.2 Å². The molecule has 1 saturated heterocycles. The molecule has 1 fully saturated rings. The van der Waals surface area contributed by atoms with Gasteiger partial charge in [-0.3, -0.25) is 9.59 Å². The number of carboxylic acid groups (broad SMARTS) is 1. The third-order valence-corrected chi connectivity index (χ3v) is 5.51. The number of nitrogens with one attached hydrogen (secondary N) is 1. The van der Waals surface area contributed by atoms with Crippen molar-refractivity contribution in [3.63, 3.8) is 0 Å². The maximum atomic E-state index is 13.3. The summed E-state index contributed by atoms with van der Waals surface area (Å²) in [6, 6.07) is 14.3. The molecule has 1 amide bonds. The molecule has 0 spiro atoms. The maximum Gasteiger partial charge on any atom is 0.310 e. The number of amides is 1. The van der Waals surface area contributed by atoms with Crippen molar-refractivity contribution in [3.05, 3.63) is 64.7 Å². The van der Waals surface area contributed by atoms with E-state index >= 15 is 0 Å². The summed E-state index contributed by atoms with van der Waals surface area (Å²) in [7, 11) is 0. The molecule has 0 aliphatic carbocycles. The number of ether oxygens (including phenoxy) is 1. The number of rotatable bonds is 5. The van der Waals surface area contributed by atoms with Crippen LogP contribution in [0.5, 0.6) is 0 Å². The molecule has 1 aliphatic heterocycles. The first-order chi connectivity index (χ1) is 12.9. The number of carbonyl (C=O) groups excluding carboxylic acids is 1.